The molecule has 0 saturated heterocycles. The van der Waals surface area contributed by atoms with Crippen molar-refractivity contribution in [3.63, 3.8) is 0 Å². The van der Waals surface area contributed by atoms with Crippen LogP contribution in [0.15, 0.2) is 106 Å². The number of nitrogens with one attached hydrogen (secondary N) is 2. The van der Waals surface area contributed by atoms with Gasteiger partial charge in [-0.3, -0.25) is 0 Å². The Kier molecular flexibility index (Phi) is 7.04. The molecule has 6 rings (SSSR count). The Balaban J connectivity index is 1.23. The maximum absolute atomic E-state index is 13.6. The first-order valence-electron chi connectivity index (χ1n) is 12.0. The van der Waals surface area contributed by atoms with Crippen LogP contribution in [0.1, 0.15) is 11.1 Å². The first kappa shape index (κ1) is 24.5. The quantitative estimate of drug-likeness (QED) is 0.195. The van der Waals surface area contributed by atoms with Crippen LogP contribution in [0.2, 0.25) is 0 Å². The Morgan fingerprint density at radius 3 is 2.47 bits per heavy atom. The van der Waals surface area contributed by atoms with Gasteiger partial charge < -0.3 is 20.5 Å². The number of rotatable bonds is 8. The van der Waals surface area contributed by atoms with Gasteiger partial charge in [-0.25, -0.2) is 9.37 Å². The number of thioether (sulfide) groups is 1. The van der Waals surface area contributed by atoms with E-state index in [2.05, 4.69) is 22.8 Å². The number of fused-ring (bicyclic) bond motifs is 2. The Morgan fingerprint density at radius 1 is 0.895 bits per heavy atom. The molecule has 0 fully saturated rings. The summed E-state index contributed by atoms with van der Waals surface area (Å²) in [6.45, 7) is 0.509. The molecule has 1 aliphatic rings. The van der Waals surface area contributed by atoms with Gasteiger partial charge in [0.15, 0.2) is 0 Å². The van der Waals surface area contributed by atoms with Gasteiger partial charge in [-0.15, -0.1) is 0 Å². The van der Waals surface area contributed by atoms with Crippen molar-refractivity contribution in [3.05, 3.63) is 108 Å². The van der Waals surface area contributed by atoms with Crippen molar-refractivity contribution < 1.29 is 14.2 Å². The number of hydrogen-bond donors (Lipinski definition) is 3. The van der Waals surface area contributed by atoms with Gasteiger partial charge in [0.05, 0.1) is 17.0 Å². The fourth-order valence-corrected chi connectivity index (χ4v) is 6.13. The standard InChI is InChI=1S/C29H23FN4O2S2/c30-20-13-14-26-23(15-20)36-29(38-26)34-27-21-9-3-4-10-22(21)32-28(33-27)31-16-18-7-1-5-11-24(18)37-25-12-6-2-8-19(25)17-35/h1-15,29,35H,16-17H2,(H2,31,32,33,34). The highest BCUT2D eigenvalue weighted by Gasteiger charge is 2.25. The number of anilines is 2. The number of aliphatic hydroxyl groups is 1. The monoisotopic (exact) mass is 542 g/mol. The molecular formula is C29H23FN4O2S2. The van der Waals surface area contributed by atoms with Crippen LogP contribution in [0.5, 0.6) is 5.75 Å². The maximum Gasteiger partial charge on any atom is 0.225 e. The molecule has 1 aliphatic heterocycles. The Morgan fingerprint density at radius 2 is 1.63 bits per heavy atom. The van der Waals surface area contributed by atoms with Crippen molar-refractivity contribution in [3.8, 4) is 5.75 Å². The molecule has 3 N–H and O–H groups in total. The number of benzene rings is 4. The second kappa shape index (κ2) is 10.9. The molecule has 5 aromatic rings. The summed E-state index contributed by atoms with van der Waals surface area (Å²) in [5, 5.41) is 17.3. The summed E-state index contributed by atoms with van der Waals surface area (Å²) in [4.78, 5) is 12.5. The van der Waals surface area contributed by atoms with E-state index < -0.39 is 5.56 Å². The van der Waals surface area contributed by atoms with E-state index in [9.17, 15) is 9.50 Å². The summed E-state index contributed by atoms with van der Waals surface area (Å²) in [5.74, 6) is 1.29. The number of halogens is 1. The second-order valence-corrected chi connectivity index (χ2v) is 10.7. The lowest BCUT2D eigenvalue weighted by atomic mass is 10.2. The van der Waals surface area contributed by atoms with Gasteiger partial charge in [-0.1, -0.05) is 72.1 Å². The van der Waals surface area contributed by atoms with Gasteiger partial charge in [-0.2, -0.15) is 4.98 Å². The molecule has 9 heteroatoms. The second-order valence-electron chi connectivity index (χ2n) is 8.55. The molecule has 0 bridgehead atoms. The normalized spacial score (nSPS) is 14.2. The fourth-order valence-electron chi connectivity index (χ4n) is 4.14. The third kappa shape index (κ3) is 5.26. The van der Waals surface area contributed by atoms with E-state index in [1.807, 2.05) is 60.7 Å². The lowest BCUT2D eigenvalue weighted by Crippen LogP contribution is -2.20. The van der Waals surface area contributed by atoms with E-state index >= 15 is 0 Å². The molecule has 0 radical (unpaired) electrons. The van der Waals surface area contributed by atoms with E-state index in [1.165, 1.54) is 23.9 Å². The zero-order valence-electron chi connectivity index (χ0n) is 20.1. The van der Waals surface area contributed by atoms with Crippen molar-refractivity contribution in [2.75, 3.05) is 10.6 Å². The molecular weight excluding hydrogens is 519 g/mol. The van der Waals surface area contributed by atoms with E-state index in [-0.39, 0.29) is 12.4 Å². The highest BCUT2D eigenvalue weighted by molar-refractivity contribution is 8.00. The van der Waals surface area contributed by atoms with Crippen molar-refractivity contribution >= 4 is 46.2 Å². The molecule has 190 valence electrons. The number of aromatic nitrogens is 2. The third-order valence-electron chi connectivity index (χ3n) is 6.00. The van der Waals surface area contributed by atoms with Crippen LogP contribution < -0.4 is 15.4 Å². The minimum Gasteiger partial charge on any atom is -0.460 e. The van der Waals surface area contributed by atoms with Crippen molar-refractivity contribution in [2.45, 2.75) is 33.4 Å². The minimum atomic E-state index is -0.443. The topological polar surface area (TPSA) is 79.3 Å². The molecule has 0 aliphatic carbocycles. The molecule has 4 aromatic carbocycles. The van der Waals surface area contributed by atoms with E-state index in [1.54, 1.807) is 17.8 Å². The van der Waals surface area contributed by atoms with E-state index in [4.69, 9.17) is 14.7 Å². The zero-order valence-corrected chi connectivity index (χ0v) is 21.7. The number of hydrogen-bond acceptors (Lipinski definition) is 8. The molecule has 6 nitrogen and oxygen atoms in total. The third-order valence-corrected chi connectivity index (χ3v) is 8.26. The number of nitrogens with zero attached hydrogens (tertiary/aromatic N) is 2. The largest absolute Gasteiger partial charge is 0.460 e. The predicted molar refractivity (Wildman–Crippen MR) is 150 cm³/mol. The summed E-state index contributed by atoms with van der Waals surface area (Å²) < 4.78 is 19.6. The highest BCUT2D eigenvalue weighted by Crippen LogP contribution is 2.41. The summed E-state index contributed by atoms with van der Waals surface area (Å²) in [5.41, 5.74) is 2.33. The Hall–Kier alpha value is -3.79. The molecule has 0 amide bonds. The zero-order chi connectivity index (χ0) is 25.9. The Bertz CT molecular complexity index is 1620. The Labute approximate surface area is 227 Å². The van der Waals surface area contributed by atoms with Gasteiger partial charge >= 0.3 is 0 Å². The summed E-state index contributed by atoms with van der Waals surface area (Å²) >= 11 is 3.09. The van der Waals surface area contributed by atoms with Crippen LogP contribution in [0, 0.1) is 5.82 Å². The average Bonchev–Trinajstić information content (AvgIpc) is 3.34. The molecule has 1 unspecified atom stereocenters. The molecule has 0 spiro atoms. The van der Waals surface area contributed by atoms with Crippen LogP contribution >= 0.6 is 23.5 Å². The van der Waals surface area contributed by atoms with E-state index in [0.717, 1.165) is 36.7 Å². The lowest BCUT2D eigenvalue weighted by molar-refractivity contribution is 0.279. The average molecular weight is 543 g/mol. The van der Waals surface area contributed by atoms with Crippen LogP contribution in [-0.2, 0) is 13.2 Å². The van der Waals surface area contributed by atoms with Gasteiger partial charge in [0.25, 0.3) is 0 Å². The summed E-state index contributed by atoms with van der Waals surface area (Å²) in [7, 11) is 0. The lowest BCUT2D eigenvalue weighted by Gasteiger charge is -2.16. The number of para-hydroxylation sites is 1. The highest BCUT2D eigenvalue weighted by atomic mass is 32.2. The summed E-state index contributed by atoms with van der Waals surface area (Å²) in [6, 6.07) is 28.3. The van der Waals surface area contributed by atoms with Crippen LogP contribution in [0.25, 0.3) is 10.9 Å². The first-order valence-corrected chi connectivity index (χ1v) is 13.7. The fraction of sp³-hybridized carbons (Fsp3) is 0.103. The molecule has 38 heavy (non-hydrogen) atoms. The SMILES string of the molecule is OCc1ccccc1Sc1ccccc1CNc1nc(NC2Oc3cc(F)ccc3S2)c2ccccc2n1. The van der Waals surface area contributed by atoms with Crippen molar-refractivity contribution in [1.29, 1.82) is 0 Å². The predicted octanol–water partition coefficient (Wildman–Crippen LogP) is 6.90. The smallest absolute Gasteiger partial charge is 0.225 e. The first-order chi connectivity index (χ1) is 18.7. The van der Waals surface area contributed by atoms with Gasteiger partial charge in [0.2, 0.25) is 11.5 Å². The van der Waals surface area contributed by atoms with Gasteiger partial charge in [-0.05, 0) is 47.5 Å². The minimum absolute atomic E-state index is 0.00663. The van der Waals surface area contributed by atoms with Gasteiger partial charge in [0.1, 0.15) is 17.4 Å². The summed E-state index contributed by atoms with van der Waals surface area (Å²) in [6.07, 6.45) is 0. The molecule has 2 heterocycles. The number of ether oxygens (including phenoxy) is 1. The molecule has 0 saturated carbocycles. The number of aliphatic hydroxyl groups excluding tert-OH is 1. The van der Waals surface area contributed by atoms with Crippen molar-refractivity contribution in [2.24, 2.45) is 0 Å². The molecule has 1 aromatic heterocycles. The van der Waals surface area contributed by atoms with Crippen LogP contribution in [0.3, 0.4) is 0 Å². The maximum atomic E-state index is 13.6. The van der Waals surface area contributed by atoms with E-state index in [0.29, 0.717) is 24.1 Å². The van der Waals surface area contributed by atoms with Crippen LogP contribution in [-0.4, -0.2) is 20.6 Å². The van der Waals surface area contributed by atoms with Crippen molar-refractivity contribution in [1.82, 2.24) is 9.97 Å². The molecule has 1 atom stereocenters. The van der Waals surface area contributed by atoms with Gasteiger partial charge in [0, 0.05) is 27.8 Å². The van der Waals surface area contributed by atoms with Crippen LogP contribution in [0.4, 0.5) is 16.2 Å².